The highest BCUT2D eigenvalue weighted by Crippen LogP contribution is 2.45. The first-order valence-corrected chi connectivity index (χ1v) is 9.59. The third kappa shape index (κ3) is 3.45. The van der Waals surface area contributed by atoms with Crippen LogP contribution in [-0.4, -0.2) is 39.0 Å². The predicted octanol–water partition coefficient (Wildman–Crippen LogP) is 2.93. The van der Waals surface area contributed by atoms with Gasteiger partial charge in [-0.2, -0.15) is 10.1 Å². The molecule has 4 rings (SSSR count). The van der Waals surface area contributed by atoms with Gasteiger partial charge >= 0.3 is 0 Å². The molecule has 160 valence electrons. The molecule has 0 bridgehead atoms. The molecule has 10 heteroatoms. The minimum Gasteiger partial charge on any atom is -0.390 e. The molecule has 1 unspecified atom stereocenters. The zero-order valence-electron chi connectivity index (χ0n) is 16.8. The van der Waals surface area contributed by atoms with Gasteiger partial charge in [-0.3, -0.25) is 9.78 Å². The highest BCUT2D eigenvalue weighted by atomic mass is 19.3. The van der Waals surface area contributed by atoms with Gasteiger partial charge < -0.3 is 10.0 Å². The number of aliphatic hydroxyl groups excluding tert-OH is 1. The number of hydrogen-bond donors (Lipinski definition) is 2. The lowest BCUT2D eigenvalue weighted by Crippen LogP contribution is -2.21. The summed E-state index contributed by atoms with van der Waals surface area (Å²) < 4.78 is 43.6. The Kier molecular flexibility index (Phi) is 4.84. The first kappa shape index (κ1) is 20.4. The number of anilines is 1. The molecule has 1 atom stereocenters. The topological polar surface area (TPSA) is 87.0 Å². The van der Waals surface area contributed by atoms with Crippen molar-refractivity contribution in [2.45, 2.75) is 38.3 Å². The maximum atomic E-state index is 15.0. The van der Waals surface area contributed by atoms with Gasteiger partial charge in [0.05, 0.1) is 12.6 Å². The van der Waals surface area contributed by atoms with Crippen LogP contribution >= 0.6 is 0 Å². The molecule has 1 aliphatic carbocycles. The zero-order valence-corrected chi connectivity index (χ0v) is 16.8. The van der Waals surface area contributed by atoms with E-state index >= 15 is 0 Å². The molecule has 1 saturated carbocycles. The van der Waals surface area contributed by atoms with Crippen molar-refractivity contribution in [2.24, 2.45) is 5.92 Å². The Balaban J connectivity index is 1.94. The fraction of sp³-hybridized carbons (Fsp3) is 0.450. The zero-order chi connectivity index (χ0) is 21.8. The predicted molar refractivity (Wildman–Crippen MR) is 105 cm³/mol. The molecule has 7 nitrogen and oxygen atoms in total. The lowest BCUT2D eigenvalue weighted by Gasteiger charge is -2.21. The minimum absolute atomic E-state index is 0.0195. The number of hydrogen-bond acceptors (Lipinski definition) is 5. The molecule has 1 aliphatic rings. The van der Waals surface area contributed by atoms with Crippen LogP contribution in [0.1, 0.15) is 42.6 Å². The summed E-state index contributed by atoms with van der Waals surface area (Å²) in [6, 6.07) is 2.76. The molecule has 2 N–H and O–H groups in total. The quantitative estimate of drug-likeness (QED) is 0.639. The number of H-pyrrole nitrogens is 1. The van der Waals surface area contributed by atoms with Crippen molar-refractivity contribution in [1.29, 1.82) is 0 Å². The third-order valence-corrected chi connectivity index (χ3v) is 5.35. The summed E-state index contributed by atoms with van der Waals surface area (Å²) in [4.78, 5) is 21.3. The number of aromatic nitrogens is 4. The van der Waals surface area contributed by atoms with E-state index in [2.05, 4.69) is 15.1 Å². The Morgan fingerprint density at radius 2 is 2.07 bits per heavy atom. The van der Waals surface area contributed by atoms with Gasteiger partial charge in [-0.25, -0.2) is 17.9 Å². The van der Waals surface area contributed by atoms with Crippen LogP contribution in [0.2, 0.25) is 0 Å². The molecule has 1 aromatic carbocycles. The van der Waals surface area contributed by atoms with Gasteiger partial charge in [0.25, 0.3) is 11.5 Å². The van der Waals surface area contributed by atoms with E-state index in [0.29, 0.717) is 6.92 Å². The highest BCUT2D eigenvalue weighted by Gasteiger charge is 2.38. The van der Waals surface area contributed by atoms with Crippen LogP contribution < -0.4 is 10.5 Å². The lowest BCUT2D eigenvalue weighted by molar-refractivity contribution is 0.0171. The average Bonchev–Trinajstić information content (AvgIpc) is 3.43. The second-order valence-electron chi connectivity index (χ2n) is 7.94. The number of aliphatic hydroxyl groups is 1. The largest absolute Gasteiger partial charge is 0.390 e. The maximum Gasteiger partial charge on any atom is 0.270 e. The van der Waals surface area contributed by atoms with Crippen LogP contribution in [0.3, 0.4) is 0 Å². The number of nitrogens with zero attached hydrogens (tertiary/aromatic N) is 4. The first-order valence-electron chi connectivity index (χ1n) is 9.59. The number of alkyl halides is 2. The van der Waals surface area contributed by atoms with Gasteiger partial charge in [-0.05, 0) is 24.8 Å². The molecular formula is C20H22F3N5O2. The molecule has 2 heterocycles. The molecule has 3 aromatic rings. The van der Waals surface area contributed by atoms with Gasteiger partial charge in [-0.15, -0.1) is 0 Å². The van der Waals surface area contributed by atoms with E-state index in [0.717, 1.165) is 18.9 Å². The molecule has 0 amide bonds. The van der Waals surface area contributed by atoms with Crippen molar-refractivity contribution in [3.63, 3.8) is 0 Å². The maximum absolute atomic E-state index is 15.0. The lowest BCUT2D eigenvalue weighted by atomic mass is 9.98. The fourth-order valence-electron chi connectivity index (χ4n) is 3.66. The van der Waals surface area contributed by atoms with Crippen LogP contribution in [0.5, 0.6) is 0 Å². The van der Waals surface area contributed by atoms with E-state index < -0.39 is 35.5 Å². The second-order valence-corrected chi connectivity index (χ2v) is 7.94. The monoisotopic (exact) mass is 421 g/mol. The summed E-state index contributed by atoms with van der Waals surface area (Å²) in [5.74, 6) is -3.62. The summed E-state index contributed by atoms with van der Waals surface area (Å²) in [5.41, 5.74) is -0.327. The molecular weight excluding hydrogens is 399 g/mol. The van der Waals surface area contributed by atoms with E-state index in [4.69, 9.17) is 0 Å². The van der Waals surface area contributed by atoms with Crippen LogP contribution in [0.4, 0.5) is 19.1 Å². The molecule has 2 aromatic heterocycles. The van der Waals surface area contributed by atoms with Crippen molar-refractivity contribution in [3.8, 4) is 0 Å². The standard InChI is InChI=1S/C20H22F3N5O2/c1-20(22,23)11-6-7-12(13(21)8-11)16(10-4-5-10)28-17-15(14(9-29)26-28)18(30)25-19(24-17)27(2)3/h6-8,10,16,29H,4-5,9H2,1-3H3,(H,24,25,30). The average molecular weight is 421 g/mol. The van der Waals surface area contributed by atoms with Crippen LogP contribution in [-0.2, 0) is 12.5 Å². The van der Waals surface area contributed by atoms with Gasteiger partial charge in [0.2, 0.25) is 5.95 Å². The molecule has 0 radical (unpaired) electrons. The molecule has 0 saturated heterocycles. The summed E-state index contributed by atoms with van der Waals surface area (Å²) in [5, 5.41) is 14.2. The summed E-state index contributed by atoms with van der Waals surface area (Å²) in [6.07, 6.45) is 1.60. The number of nitrogens with one attached hydrogen (secondary N) is 1. The number of aromatic amines is 1. The number of rotatable bonds is 6. The van der Waals surface area contributed by atoms with Crippen molar-refractivity contribution in [1.82, 2.24) is 19.7 Å². The van der Waals surface area contributed by atoms with Gasteiger partial charge in [0.15, 0.2) is 5.65 Å². The highest BCUT2D eigenvalue weighted by molar-refractivity contribution is 5.78. The van der Waals surface area contributed by atoms with E-state index in [-0.39, 0.29) is 34.2 Å². The summed E-state index contributed by atoms with van der Waals surface area (Å²) in [7, 11) is 3.42. The Morgan fingerprint density at radius 3 is 2.60 bits per heavy atom. The summed E-state index contributed by atoms with van der Waals surface area (Å²) in [6.45, 7) is 0.226. The van der Waals surface area contributed by atoms with E-state index in [1.54, 1.807) is 19.0 Å². The third-order valence-electron chi connectivity index (χ3n) is 5.35. The first-order chi connectivity index (χ1) is 14.1. The van der Waals surface area contributed by atoms with Gasteiger partial charge in [0, 0.05) is 32.1 Å². The normalized spacial score (nSPS) is 15.6. The number of benzene rings is 1. The molecule has 0 aliphatic heterocycles. The minimum atomic E-state index is -3.16. The Hall–Kier alpha value is -2.88. The van der Waals surface area contributed by atoms with Crippen molar-refractivity contribution >= 4 is 17.0 Å². The van der Waals surface area contributed by atoms with Crippen molar-refractivity contribution < 1.29 is 18.3 Å². The van der Waals surface area contributed by atoms with Crippen molar-refractivity contribution in [2.75, 3.05) is 19.0 Å². The van der Waals surface area contributed by atoms with Gasteiger partial charge in [-0.1, -0.05) is 12.1 Å². The Labute approximate surface area is 170 Å². The molecule has 0 spiro atoms. The van der Waals surface area contributed by atoms with Gasteiger partial charge in [0.1, 0.15) is 16.9 Å². The molecule has 30 heavy (non-hydrogen) atoms. The second kappa shape index (κ2) is 7.12. The Bertz CT molecular complexity index is 1160. The fourth-order valence-corrected chi connectivity index (χ4v) is 3.66. The number of halogens is 3. The van der Waals surface area contributed by atoms with E-state index in [1.165, 1.54) is 16.8 Å². The van der Waals surface area contributed by atoms with E-state index in [1.807, 2.05) is 0 Å². The SMILES string of the molecule is CN(C)c1nc2c(c(CO)nn2C(c2ccc(C(C)(F)F)cc2F)C2CC2)c(=O)[nH]1. The van der Waals surface area contributed by atoms with Crippen molar-refractivity contribution in [3.05, 3.63) is 51.2 Å². The molecule has 1 fully saturated rings. The van der Waals surface area contributed by atoms with Crippen LogP contribution in [0, 0.1) is 11.7 Å². The number of fused-ring (bicyclic) bond motifs is 1. The van der Waals surface area contributed by atoms with Crippen LogP contribution in [0.25, 0.3) is 11.0 Å². The van der Waals surface area contributed by atoms with E-state index in [9.17, 15) is 23.1 Å². The smallest absolute Gasteiger partial charge is 0.270 e. The van der Waals surface area contributed by atoms with Crippen LogP contribution in [0.15, 0.2) is 23.0 Å². The Morgan fingerprint density at radius 1 is 1.37 bits per heavy atom. The summed E-state index contributed by atoms with van der Waals surface area (Å²) >= 11 is 0.